The summed E-state index contributed by atoms with van der Waals surface area (Å²) in [6, 6.07) is 42.8. The molecule has 1 aliphatic heterocycles. The molecule has 0 aromatic heterocycles. The first-order valence-corrected chi connectivity index (χ1v) is 11.7. The number of benzene rings is 4. The van der Waals surface area contributed by atoms with Crippen molar-refractivity contribution in [3.63, 3.8) is 0 Å². The normalized spacial score (nSPS) is 11.0. The van der Waals surface area contributed by atoms with Crippen molar-refractivity contribution in [3.8, 4) is 56.0 Å². The maximum Gasteiger partial charge on any atom is 0.154 e. The highest BCUT2D eigenvalue weighted by atomic mass is 16.3. The summed E-state index contributed by atoms with van der Waals surface area (Å²) in [6.07, 6.45) is 0.935. The molecule has 1 aliphatic carbocycles. The second kappa shape index (κ2) is 8.92. The van der Waals surface area contributed by atoms with Crippen LogP contribution >= 0.6 is 0 Å². The number of fused-ring (bicyclic) bond motifs is 1. The second-order valence-electron chi connectivity index (χ2n) is 8.47. The smallest absolute Gasteiger partial charge is 0.154 e. The lowest BCUT2D eigenvalue weighted by Crippen LogP contribution is -1.91. The Balaban J connectivity index is 1.80. The average Bonchev–Trinajstić information content (AvgIpc) is 3.29. The largest absolute Gasteiger partial charge is 0.455 e. The third-order valence-electron chi connectivity index (χ3n) is 6.38. The summed E-state index contributed by atoms with van der Waals surface area (Å²) < 4.78 is 6.57. The van der Waals surface area contributed by atoms with E-state index in [1.54, 1.807) is 0 Å². The lowest BCUT2D eigenvalue weighted by atomic mass is 9.91. The molecule has 0 radical (unpaired) electrons. The van der Waals surface area contributed by atoms with Crippen LogP contribution in [0, 0.1) is 0 Å². The van der Waals surface area contributed by atoms with E-state index in [1.165, 1.54) is 0 Å². The van der Waals surface area contributed by atoms with Gasteiger partial charge in [0.05, 0.1) is 5.56 Å². The Morgan fingerprint density at radius 2 is 0.943 bits per heavy atom. The van der Waals surface area contributed by atoms with Gasteiger partial charge in [-0.1, -0.05) is 121 Å². The minimum atomic E-state index is 0.569. The van der Waals surface area contributed by atoms with Crippen LogP contribution < -0.4 is 0 Å². The number of hydrogen-bond acceptors (Lipinski definition) is 2. The first kappa shape index (κ1) is 20.9. The van der Waals surface area contributed by atoms with Crippen molar-refractivity contribution in [3.05, 3.63) is 133 Å². The quantitative estimate of drug-likeness (QED) is 0.246. The van der Waals surface area contributed by atoms with Gasteiger partial charge in [0.25, 0.3) is 0 Å². The third-order valence-corrected chi connectivity index (χ3v) is 6.38. The van der Waals surface area contributed by atoms with Crippen LogP contribution in [0.3, 0.4) is 0 Å². The highest BCUT2D eigenvalue weighted by Gasteiger charge is 2.31. The van der Waals surface area contributed by atoms with E-state index in [0.717, 1.165) is 56.6 Å². The van der Waals surface area contributed by atoms with Crippen LogP contribution in [-0.2, 0) is 0 Å². The summed E-state index contributed by atoms with van der Waals surface area (Å²) in [5.41, 5.74) is 8.53. The van der Waals surface area contributed by atoms with Gasteiger partial charge in [-0.3, -0.25) is 4.79 Å². The third kappa shape index (κ3) is 3.66. The molecule has 0 bridgehead atoms. The van der Waals surface area contributed by atoms with E-state index in [-0.39, 0.29) is 0 Å². The monoisotopic (exact) mass is 450 g/mol. The fourth-order valence-corrected chi connectivity index (χ4v) is 4.83. The van der Waals surface area contributed by atoms with Crippen molar-refractivity contribution in [2.24, 2.45) is 0 Å². The maximum atomic E-state index is 12.7. The Labute approximate surface area is 204 Å². The summed E-state index contributed by atoms with van der Waals surface area (Å²) in [7, 11) is 0. The fraction of sp³-hybridized carbons (Fsp3) is 0. The van der Waals surface area contributed by atoms with E-state index in [9.17, 15) is 4.79 Å². The molecule has 0 saturated heterocycles. The van der Waals surface area contributed by atoms with Gasteiger partial charge in [-0.2, -0.15) is 0 Å². The van der Waals surface area contributed by atoms with Gasteiger partial charge in [0, 0.05) is 22.3 Å². The number of carbonyl (C=O) groups excluding carboxylic acids is 1. The zero-order valence-electron chi connectivity index (χ0n) is 19.0. The minimum Gasteiger partial charge on any atom is -0.455 e. The molecule has 0 fully saturated rings. The molecular weight excluding hydrogens is 428 g/mol. The first-order chi connectivity index (χ1) is 17.3. The fourth-order valence-electron chi connectivity index (χ4n) is 4.83. The van der Waals surface area contributed by atoms with Crippen LogP contribution in [-0.4, -0.2) is 6.29 Å². The molecule has 0 atom stereocenters. The van der Waals surface area contributed by atoms with Crippen molar-refractivity contribution in [2.45, 2.75) is 0 Å². The van der Waals surface area contributed by atoms with Crippen LogP contribution in [0.15, 0.2) is 132 Å². The standard InChI is InChI=1S/C33H22O2/c34-22-28-30(25-17-9-3-10-18-25)31(26-19-11-4-12-20-26)32-27(23-13-5-1-6-14-23)21-29(35-33(28)32)24-15-7-2-8-16-24/h1-22H. The summed E-state index contributed by atoms with van der Waals surface area (Å²) >= 11 is 0. The number of aldehydes is 1. The summed E-state index contributed by atoms with van der Waals surface area (Å²) in [4.78, 5) is 12.7. The Bertz CT molecular complexity index is 1560. The zero-order valence-corrected chi connectivity index (χ0v) is 19.0. The van der Waals surface area contributed by atoms with Gasteiger partial charge in [0.2, 0.25) is 0 Å². The molecule has 4 aromatic carbocycles. The molecule has 2 aliphatic rings. The molecule has 35 heavy (non-hydrogen) atoms. The topological polar surface area (TPSA) is 30.2 Å². The van der Waals surface area contributed by atoms with Crippen LogP contribution in [0.25, 0.3) is 56.0 Å². The van der Waals surface area contributed by atoms with Crippen molar-refractivity contribution in [1.29, 1.82) is 0 Å². The molecule has 6 rings (SSSR count). The van der Waals surface area contributed by atoms with Crippen molar-refractivity contribution < 1.29 is 9.21 Å². The SMILES string of the molecule is O=Cc1c2oc(-c3ccccc3)cc(-c3ccccc3)c-2c(-c2ccccc2)c1-c1ccccc1. The molecule has 166 valence electrons. The predicted octanol–water partition coefficient (Wildman–Crippen LogP) is 8.86. The molecule has 0 saturated carbocycles. The van der Waals surface area contributed by atoms with E-state index in [1.807, 2.05) is 97.1 Å². The van der Waals surface area contributed by atoms with Gasteiger partial charge in [0.15, 0.2) is 6.29 Å². The predicted molar refractivity (Wildman–Crippen MR) is 142 cm³/mol. The zero-order chi connectivity index (χ0) is 23.6. The Morgan fingerprint density at radius 1 is 0.486 bits per heavy atom. The van der Waals surface area contributed by atoms with E-state index in [2.05, 4.69) is 30.3 Å². The Morgan fingerprint density at radius 3 is 1.46 bits per heavy atom. The lowest BCUT2D eigenvalue weighted by molar-refractivity contribution is 0.112. The number of rotatable bonds is 5. The average molecular weight is 451 g/mol. The van der Waals surface area contributed by atoms with E-state index < -0.39 is 0 Å². The van der Waals surface area contributed by atoms with Crippen LogP contribution in [0.2, 0.25) is 0 Å². The molecule has 0 N–H and O–H groups in total. The highest BCUT2D eigenvalue weighted by Crippen LogP contribution is 2.52. The molecule has 4 aromatic rings. The van der Waals surface area contributed by atoms with Crippen LogP contribution in [0.1, 0.15) is 10.4 Å². The van der Waals surface area contributed by atoms with Gasteiger partial charge in [0.1, 0.15) is 11.5 Å². The highest BCUT2D eigenvalue weighted by molar-refractivity contribution is 6.12. The van der Waals surface area contributed by atoms with Crippen LogP contribution in [0.5, 0.6) is 0 Å². The van der Waals surface area contributed by atoms with Crippen molar-refractivity contribution in [2.75, 3.05) is 0 Å². The summed E-state index contributed by atoms with van der Waals surface area (Å²) in [5.74, 6) is 1.34. The van der Waals surface area contributed by atoms with Gasteiger partial charge in [-0.05, 0) is 28.3 Å². The maximum absolute atomic E-state index is 12.7. The molecular formula is C33H22O2. The summed E-state index contributed by atoms with van der Waals surface area (Å²) in [6.45, 7) is 0. The van der Waals surface area contributed by atoms with Crippen molar-refractivity contribution >= 4 is 6.29 Å². The van der Waals surface area contributed by atoms with E-state index >= 15 is 0 Å². The van der Waals surface area contributed by atoms with E-state index in [0.29, 0.717) is 11.3 Å². The molecule has 0 unspecified atom stereocenters. The minimum absolute atomic E-state index is 0.569. The summed E-state index contributed by atoms with van der Waals surface area (Å²) in [5, 5.41) is 0. The number of hydrogen-bond donors (Lipinski definition) is 0. The number of carbonyl (C=O) groups is 1. The molecule has 2 heteroatoms. The Kier molecular flexibility index (Phi) is 5.32. The van der Waals surface area contributed by atoms with Gasteiger partial charge >= 0.3 is 0 Å². The molecule has 0 spiro atoms. The molecule has 2 nitrogen and oxygen atoms in total. The van der Waals surface area contributed by atoms with Crippen molar-refractivity contribution in [1.82, 2.24) is 0 Å². The van der Waals surface area contributed by atoms with Gasteiger partial charge in [-0.25, -0.2) is 0 Å². The Hall–Kier alpha value is -4.69. The lowest BCUT2D eigenvalue weighted by Gasteiger charge is -2.15. The molecule has 1 heterocycles. The first-order valence-electron chi connectivity index (χ1n) is 11.7. The molecule has 0 amide bonds. The van der Waals surface area contributed by atoms with E-state index in [4.69, 9.17) is 4.42 Å². The van der Waals surface area contributed by atoms with Gasteiger partial charge in [-0.15, -0.1) is 0 Å². The van der Waals surface area contributed by atoms with Crippen LogP contribution in [0.4, 0.5) is 0 Å². The van der Waals surface area contributed by atoms with Gasteiger partial charge < -0.3 is 4.42 Å². The second-order valence-corrected chi connectivity index (χ2v) is 8.47.